The van der Waals surface area contributed by atoms with Crippen LogP contribution in [0, 0.1) is 27.7 Å². The summed E-state index contributed by atoms with van der Waals surface area (Å²) < 4.78 is 0. The zero-order valence-corrected chi connectivity index (χ0v) is 13.9. The molecule has 0 radical (unpaired) electrons. The van der Waals surface area contributed by atoms with Crippen molar-refractivity contribution < 1.29 is 0 Å². The molecule has 0 heterocycles. The van der Waals surface area contributed by atoms with E-state index in [-0.39, 0.29) is 0 Å². The highest BCUT2D eigenvalue weighted by Gasteiger charge is 2.25. The Kier molecular flexibility index (Phi) is 2.91. The third kappa shape index (κ3) is 1.76. The second-order valence-corrected chi connectivity index (χ2v) is 6.75. The second kappa shape index (κ2) is 4.71. The first kappa shape index (κ1) is 13.6. The van der Waals surface area contributed by atoms with E-state index in [0.717, 1.165) is 12.8 Å². The number of hydrogen-bond donors (Lipinski definition) is 0. The average Bonchev–Trinajstić information content (AvgIpc) is 3.14. The quantitative estimate of drug-likeness (QED) is 0.527. The van der Waals surface area contributed by atoms with E-state index in [4.69, 9.17) is 0 Å². The Bertz CT molecular complexity index is 860. The Balaban J connectivity index is 1.97. The lowest BCUT2D eigenvalue weighted by molar-refractivity contribution is 1.22. The van der Waals surface area contributed by atoms with Gasteiger partial charge in [0.15, 0.2) is 0 Å². The fourth-order valence-electron chi connectivity index (χ4n) is 4.03. The molecule has 0 saturated heterocycles. The van der Waals surface area contributed by atoms with Crippen molar-refractivity contribution in [2.24, 2.45) is 0 Å². The highest BCUT2D eigenvalue weighted by atomic mass is 14.3. The summed E-state index contributed by atoms with van der Waals surface area (Å²) in [5, 5.41) is 0. The first-order valence-corrected chi connectivity index (χ1v) is 8.16. The minimum absolute atomic E-state index is 1.07. The van der Waals surface area contributed by atoms with Crippen LogP contribution >= 0.6 is 0 Å². The van der Waals surface area contributed by atoms with Crippen molar-refractivity contribution >= 4 is 5.57 Å². The van der Waals surface area contributed by atoms with E-state index < -0.39 is 0 Å². The molecule has 0 amide bonds. The van der Waals surface area contributed by atoms with Crippen molar-refractivity contribution in [3.05, 3.63) is 75.4 Å². The summed E-state index contributed by atoms with van der Waals surface area (Å²) in [7, 11) is 0. The molecule has 0 bridgehead atoms. The summed E-state index contributed by atoms with van der Waals surface area (Å²) in [6, 6.07) is 7.04. The van der Waals surface area contributed by atoms with Gasteiger partial charge in [0.05, 0.1) is 0 Å². The Hall–Kier alpha value is -2.08. The van der Waals surface area contributed by atoms with Crippen molar-refractivity contribution in [1.29, 1.82) is 0 Å². The highest BCUT2D eigenvalue weighted by Crippen LogP contribution is 2.45. The van der Waals surface area contributed by atoms with Crippen molar-refractivity contribution in [1.82, 2.24) is 0 Å². The maximum absolute atomic E-state index is 2.45. The van der Waals surface area contributed by atoms with Gasteiger partial charge in [-0.15, -0.1) is 0 Å². The lowest BCUT2D eigenvalue weighted by Crippen LogP contribution is -1.97. The SMILES string of the molecule is Cc1ccc2c(c1C)-c1c(cc(C3=CC=CC3)c(C)c1C)C2. The molecule has 0 atom stereocenters. The van der Waals surface area contributed by atoms with E-state index in [9.17, 15) is 0 Å². The molecule has 0 spiro atoms. The van der Waals surface area contributed by atoms with Crippen molar-refractivity contribution in [3.8, 4) is 11.1 Å². The first-order valence-electron chi connectivity index (χ1n) is 8.16. The van der Waals surface area contributed by atoms with Crippen LogP contribution in [0.3, 0.4) is 0 Å². The summed E-state index contributed by atoms with van der Waals surface area (Å²) in [6.07, 6.45) is 8.86. The molecular weight excluding hydrogens is 264 g/mol. The Morgan fingerprint density at radius 1 is 0.818 bits per heavy atom. The number of rotatable bonds is 1. The van der Waals surface area contributed by atoms with E-state index in [1.165, 1.54) is 55.6 Å². The summed E-state index contributed by atoms with van der Waals surface area (Å²) in [4.78, 5) is 0. The van der Waals surface area contributed by atoms with Gasteiger partial charge in [0.25, 0.3) is 0 Å². The molecule has 2 aliphatic carbocycles. The molecule has 0 aromatic heterocycles. The molecule has 22 heavy (non-hydrogen) atoms. The number of aryl methyl sites for hydroxylation is 1. The third-order valence-electron chi connectivity index (χ3n) is 5.55. The van der Waals surface area contributed by atoms with Crippen molar-refractivity contribution in [3.63, 3.8) is 0 Å². The maximum Gasteiger partial charge on any atom is -0.00130 e. The monoisotopic (exact) mass is 286 g/mol. The third-order valence-corrected chi connectivity index (χ3v) is 5.55. The Morgan fingerprint density at radius 3 is 2.32 bits per heavy atom. The van der Waals surface area contributed by atoms with Gasteiger partial charge >= 0.3 is 0 Å². The van der Waals surface area contributed by atoms with Crippen LogP contribution in [-0.2, 0) is 6.42 Å². The molecule has 0 aliphatic heterocycles. The number of fused-ring (bicyclic) bond motifs is 3. The molecule has 0 unspecified atom stereocenters. The van der Waals surface area contributed by atoms with Crippen LogP contribution in [0.15, 0.2) is 36.4 Å². The largest absolute Gasteiger partial charge is 0.0801 e. The van der Waals surface area contributed by atoms with Crippen LogP contribution in [0.2, 0.25) is 0 Å². The molecular formula is C22H22. The second-order valence-electron chi connectivity index (χ2n) is 6.75. The standard InChI is InChI=1S/C22H22/c1-13-9-10-18-11-19-12-20(17-7-5-6-8-17)15(3)16(4)22(19)21(18)14(13)2/h5-7,9-10,12H,8,11H2,1-4H3. The van der Waals surface area contributed by atoms with Crippen LogP contribution in [0.1, 0.15) is 45.4 Å². The predicted octanol–water partition coefficient (Wildman–Crippen LogP) is 5.83. The minimum Gasteiger partial charge on any atom is -0.0801 e. The van der Waals surface area contributed by atoms with Crippen LogP contribution in [0.5, 0.6) is 0 Å². The van der Waals surface area contributed by atoms with Gasteiger partial charge in [0.2, 0.25) is 0 Å². The molecule has 2 aliphatic rings. The molecule has 0 saturated carbocycles. The fourth-order valence-corrected chi connectivity index (χ4v) is 4.03. The normalized spacial score (nSPS) is 15.0. The molecule has 2 aromatic carbocycles. The molecule has 0 heteroatoms. The predicted molar refractivity (Wildman–Crippen MR) is 95.4 cm³/mol. The van der Waals surface area contributed by atoms with Crippen molar-refractivity contribution in [2.45, 2.75) is 40.5 Å². The Morgan fingerprint density at radius 2 is 1.59 bits per heavy atom. The number of hydrogen-bond acceptors (Lipinski definition) is 0. The van der Waals surface area contributed by atoms with Crippen LogP contribution in [0.25, 0.3) is 16.7 Å². The van der Waals surface area contributed by atoms with Gasteiger partial charge < -0.3 is 0 Å². The van der Waals surface area contributed by atoms with E-state index in [2.05, 4.69) is 64.1 Å². The van der Waals surface area contributed by atoms with Gasteiger partial charge in [-0.05, 0) is 96.2 Å². The molecule has 0 fully saturated rings. The molecule has 0 nitrogen and oxygen atoms in total. The fraction of sp³-hybridized carbons (Fsp3) is 0.273. The number of benzene rings is 2. The molecule has 4 rings (SSSR count). The zero-order valence-electron chi connectivity index (χ0n) is 13.9. The summed E-state index contributed by atoms with van der Waals surface area (Å²) in [5.74, 6) is 0. The molecule has 2 aromatic rings. The van der Waals surface area contributed by atoms with E-state index in [1.54, 1.807) is 0 Å². The van der Waals surface area contributed by atoms with Crippen molar-refractivity contribution in [2.75, 3.05) is 0 Å². The highest BCUT2D eigenvalue weighted by molar-refractivity contribution is 5.86. The molecule has 0 N–H and O–H groups in total. The van der Waals surface area contributed by atoms with Crippen LogP contribution < -0.4 is 0 Å². The van der Waals surface area contributed by atoms with Gasteiger partial charge in [-0.25, -0.2) is 0 Å². The van der Waals surface area contributed by atoms with Gasteiger partial charge in [-0.2, -0.15) is 0 Å². The van der Waals surface area contributed by atoms with Gasteiger partial charge in [0.1, 0.15) is 0 Å². The summed E-state index contributed by atoms with van der Waals surface area (Å²) in [5.41, 5.74) is 14.7. The topological polar surface area (TPSA) is 0 Å². The van der Waals surface area contributed by atoms with E-state index in [0.29, 0.717) is 0 Å². The summed E-state index contributed by atoms with van der Waals surface area (Å²) >= 11 is 0. The minimum atomic E-state index is 1.07. The van der Waals surface area contributed by atoms with Gasteiger partial charge in [-0.3, -0.25) is 0 Å². The molecule has 110 valence electrons. The lowest BCUT2D eigenvalue weighted by Gasteiger charge is -2.17. The number of allylic oxidation sites excluding steroid dienone is 4. The first-order chi connectivity index (χ1) is 10.6. The van der Waals surface area contributed by atoms with E-state index >= 15 is 0 Å². The van der Waals surface area contributed by atoms with Crippen LogP contribution in [0.4, 0.5) is 0 Å². The Labute approximate surface area is 133 Å². The smallest absolute Gasteiger partial charge is 0.00130 e. The van der Waals surface area contributed by atoms with Gasteiger partial charge in [0, 0.05) is 0 Å². The van der Waals surface area contributed by atoms with Crippen LogP contribution in [-0.4, -0.2) is 0 Å². The van der Waals surface area contributed by atoms with E-state index in [1.807, 2.05) is 0 Å². The maximum atomic E-state index is 2.45. The zero-order chi connectivity index (χ0) is 15.4. The lowest BCUT2D eigenvalue weighted by atomic mass is 9.87. The summed E-state index contributed by atoms with van der Waals surface area (Å²) in [6.45, 7) is 9.08. The van der Waals surface area contributed by atoms with Gasteiger partial charge in [-0.1, -0.05) is 36.4 Å². The average molecular weight is 286 g/mol.